The maximum absolute atomic E-state index is 13.2. The summed E-state index contributed by atoms with van der Waals surface area (Å²) in [5.74, 6) is -0.533. The van der Waals surface area contributed by atoms with E-state index in [0.717, 1.165) is 6.42 Å². The number of rotatable bonds is 5. The number of sulfonamides is 1. The Kier molecular flexibility index (Phi) is 5.74. The van der Waals surface area contributed by atoms with Crippen LogP contribution < -0.4 is 10.5 Å². The number of hydrogen-bond acceptors (Lipinski definition) is 5. The molecule has 2 aliphatic heterocycles. The van der Waals surface area contributed by atoms with Crippen LogP contribution in [0.5, 0.6) is 0 Å². The minimum atomic E-state index is -3.66. The number of amides is 2. The van der Waals surface area contributed by atoms with Crippen LogP contribution >= 0.6 is 0 Å². The number of nitrogens with two attached hydrogens (primary N) is 1. The Hall–Kier alpha value is -2.42. The van der Waals surface area contributed by atoms with E-state index in [0.29, 0.717) is 31.5 Å². The van der Waals surface area contributed by atoms with Crippen molar-refractivity contribution in [3.05, 3.63) is 29.8 Å². The van der Waals surface area contributed by atoms with Gasteiger partial charge in [0, 0.05) is 24.6 Å². The Morgan fingerprint density at radius 3 is 2.54 bits per heavy atom. The van der Waals surface area contributed by atoms with Gasteiger partial charge in [-0.2, -0.15) is 0 Å². The molecule has 0 saturated carbocycles. The van der Waals surface area contributed by atoms with E-state index in [1.54, 1.807) is 23.1 Å². The predicted octanol–water partition coefficient (Wildman–Crippen LogP) is 0.864. The topological polar surface area (TPSA) is 122 Å². The summed E-state index contributed by atoms with van der Waals surface area (Å²) in [7, 11) is -3.66. The molecule has 2 aliphatic rings. The Balaban J connectivity index is 1.87. The van der Waals surface area contributed by atoms with Crippen molar-refractivity contribution in [3.63, 3.8) is 0 Å². The number of nitrogens with one attached hydrogen (secondary N) is 1. The van der Waals surface area contributed by atoms with Crippen LogP contribution in [0.1, 0.15) is 38.7 Å². The number of likely N-dealkylation sites (tertiary alicyclic amines) is 1. The van der Waals surface area contributed by atoms with Crippen LogP contribution in [-0.4, -0.2) is 50.1 Å². The van der Waals surface area contributed by atoms with Crippen LogP contribution in [0, 0.1) is 11.8 Å². The van der Waals surface area contributed by atoms with Crippen LogP contribution in [0.4, 0.5) is 0 Å². The first-order chi connectivity index (χ1) is 13.2. The average molecular weight is 407 g/mol. The Bertz CT molecular complexity index is 904. The number of amidine groups is 1. The summed E-state index contributed by atoms with van der Waals surface area (Å²) in [6.07, 6.45) is 1.81. The van der Waals surface area contributed by atoms with Crippen LogP contribution in [0.25, 0.3) is 0 Å². The van der Waals surface area contributed by atoms with Crippen molar-refractivity contribution in [2.75, 3.05) is 13.1 Å². The standard InChI is InChI=1S/C19H26N4O4S/c1-3-12(2)16(19(25)23-10-8-13(9-11-23)17(20)24)21-18-14-6-4-5-7-15(14)28(26,27)22-18/h4-7,12-13,16H,3,8-11H2,1-2H3,(H2,20,24)(H,21,22)/t12-,16-/m0/s1. The van der Waals surface area contributed by atoms with Gasteiger partial charge < -0.3 is 10.6 Å². The molecule has 1 fully saturated rings. The molecule has 28 heavy (non-hydrogen) atoms. The van der Waals surface area contributed by atoms with Gasteiger partial charge in [-0.3, -0.25) is 19.3 Å². The highest BCUT2D eigenvalue weighted by atomic mass is 32.2. The number of primary amides is 1. The lowest BCUT2D eigenvalue weighted by Gasteiger charge is -2.33. The second-order valence-electron chi connectivity index (χ2n) is 7.41. The molecule has 152 valence electrons. The van der Waals surface area contributed by atoms with E-state index >= 15 is 0 Å². The van der Waals surface area contributed by atoms with E-state index in [2.05, 4.69) is 9.71 Å². The SMILES string of the molecule is CC[C@H](C)[C@H](N=C1NS(=O)(=O)c2ccccc21)C(=O)N1CCC(C(N)=O)CC1. The molecule has 2 heterocycles. The molecule has 2 amide bonds. The fourth-order valence-electron chi connectivity index (χ4n) is 3.59. The van der Waals surface area contributed by atoms with Crippen molar-refractivity contribution in [1.82, 2.24) is 9.62 Å². The number of nitrogens with zero attached hydrogens (tertiary/aromatic N) is 2. The molecule has 0 spiro atoms. The van der Waals surface area contributed by atoms with Gasteiger partial charge in [-0.15, -0.1) is 0 Å². The number of fused-ring (bicyclic) bond motifs is 1. The monoisotopic (exact) mass is 406 g/mol. The molecule has 3 N–H and O–H groups in total. The molecule has 9 heteroatoms. The van der Waals surface area contributed by atoms with Crippen molar-refractivity contribution >= 4 is 27.7 Å². The summed E-state index contributed by atoms with van der Waals surface area (Å²) in [4.78, 5) is 31.0. The number of hydrogen-bond donors (Lipinski definition) is 2. The average Bonchev–Trinajstić information content (AvgIpc) is 2.95. The fourth-order valence-corrected chi connectivity index (χ4v) is 4.83. The lowest BCUT2D eigenvalue weighted by atomic mass is 9.93. The van der Waals surface area contributed by atoms with Crippen LogP contribution in [-0.2, 0) is 19.6 Å². The van der Waals surface area contributed by atoms with E-state index < -0.39 is 16.1 Å². The van der Waals surface area contributed by atoms with Crippen molar-refractivity contribution in [2.24, 2.45) is 22.6 Å². The highest BCUT2D eigenvalue weighted by molar-refractivity contribution is 7.90. The van der Waals surface area contributed by atoms with Gasteiger partial charge in [-0.1, -0.05) is 32.4 Å². The van der Waals surface area contributed by atoms with Gasteiger partial charge in [0.15, 0.2) is 0 Å². The van der Waals surface area contributed by atoms with Crippen LogP contribution in [0.15, 0.2) is 34.2 Å². The first-order valence-corrected chi connectivity index (χ1v) is 11.0. The Morgan fingerprint density at radius 1 is 1.29 bits per heavy atom. The minimum absolute atomic E-state index is 0.0638. The number of carbonyl (C=O) groups excluding carboxylic acids is 2. The number of piperidine rings is 1. The molecule has 0 aliphatic carbocycles. The Morgan fingerprint density at radius 2 is 1.93 bits per heavy atom. The molecule has 0 aromatic heterocycles. The predicted molar refractivity (Wildman–Crippen MR) is 105 cm³/mol. The summed E-state index contributed by atoms with van der Waals surface area (Å²) in [6, 6.07) is 5.91. The summed E-state index contributed by atoms with van der Waals surface area (Å²) in [5, 5.41) is 0. The van der Waals surface area contributed by atoms with Gasteiger partial charge >= 0.3 is 0 Å². The maximum Gasteiger partial charge on any atom is 0.263 e. The zero-order valence-electron chi connectivity index (χ0n) is 16.1. The Labute approximate surface area is 165 Å². The van der Waals surface area contributed by atoms with E-state index in [1.807, 2.05) is 13.8 Å². The van der Waals surface area contributed by atoms with E-state index in [9.17, 15) is 18.0 Å². The first-order valence-electron chi connectivity index (χ1n) is 9.52. The minimum Gasteiger partial charge on any atom is -0.369 e. The molecule has 0 bridgehead atoms. The molecule has 1 aromatic carbocycles. The number of carbonyl (C=O) groups is 2. The van der Waals surface area contributed by atoms with Crippen LogP contribution in [0.3, 0.4) is 0 Å². The highest BCUT2D eigenvalue weighted by Gasteiger charge is 2.35. The van der Waals surface area contributed by atoms with Gasteiger partial charge in [0.25, 0.3) is 10.0 Å². The van der Waals surface area contributed by atoms with E-state index in [-0.39, 0.29) is 34.4 Å². The molecule has 0 unspecified atom stereocenters. The lowest BCUT2D eigenvalue weighted by molar-refractivity contribution is -0.137. The third kappa shape index (κ3) is 3.89. The second-order valence-corrected chi connectivity index (χ2v) is 9.06. The fraction of sp³-hybridized carbons (Fsp3) is 0.526. The first kappa shape index (κ1) is 20.3. The zero-order chi connectivity index (χ0) is 20.5. The van der Waals surface area contributed by atoms with Crippen molar-refractivity contribution in [1.29, 1.82) is 0 Å². The lowest BCUT2D eigenvalue weighted by Crippen LogP contribution is -2.47. The quantitative estimate of drug-likeness (QED) is 0.753. The van der Waals surface area contributed by atoms with Crippen LogP contribution in [0.2, 0.25) is 0 Å². The second kappa shape index (κ2) is 7.90. The third-order valence-electron chi connectivity index (χ3n) is 5.58. The van der Waals surface area contributed by atoms with Gasteiger partial charge in [0.2, 0.25) is 11.8 Å². The molecular formula is C19H26N4O4S. The molecule has 2 atom stereocenters. The van der Waals surface area contributed by atoms with Gasteiger partial charge in [0.1, 0.15) is 11.9 Å². The maximum atomic E-state index is 13.2. The van der Waals surface area contributed by atoms with Crippen molar-refractivity contribution < 1.29 is 18.0 Å². The van der Waals surface area contributed by atoms with E-state index in [1.165, 1.54) is 6.07 Å². The molecule has 1 saturated heterocycles. The number of aliphatic imine (C=N–C) groups is 1. The van der Waals surface area contributed by atoms with Gasteiger partial charge in [0.05, 0.1) is 4.90 Å². The molecule has 8 nitrogen and oxygen atoms in total. The zero-order valence-corrected chi connectivity index (χ0v) is 16.9. The smallest absolute Gasteiger partial charge is 0.263 e. The van der Waals surface area contributed by atoms with Gasteiger partial charge in [-0.25, -0.2) is 8.42 Å². The summed E-state index contributed by atoms with van der Waals surface area (Å²) >= 11 is 0. The molecule has 1 aromatic rings. The highest BCUT2D eigenvalue weighted by Crippen LogP contribution is 2.25. The molecule has 3 rings (SSSR count). The van der Waals surface area contributed by atoms with Gasteiger partial charge in [-0.05, 0) is 30.9 Å². The summed E-state index contributed by atoms with van der Waals surface area (Å²) in [5.41, 5.74) is 5.85. The molecular weight excluding hydrogens is 380 g/mol. The summed E-state index contributed by atoms with van der Waals surface area (Å²) in [6.45, 7) is 4.80. The normalized spacial score (nSPS) is 22.4. The number of benzene rings is 1. The van der Waals surface area contributed by atoms with Crippen molar-refractivity contribution in [2.45, 2.75) is 44.0 Å². The van der Waals surface area contributed by atoms with E-state index in [4.69, 9.17) is 5.73 Å². The largest absolute Gasteiger partial charge is 0.369 e. The van der Waals surface area contributed by atoms with Crippen molar-refractivity contribution in [3.8, 4) is 0 Å². The molecule has 0 radical (unpaired) electrons. The summed E-state index contributed by atoms with van der Waals surface area (Å²) < 4.78 is 27.1. The third-order valence-corrected chi connectivity index (χ3v) is 6.97.